The van der Waals surface area contributed by atoms with Gasteiger partial charge in [-0.05, 0) is 37.0 Å². The molecule has 0 spiro atoms. The Hall–Kier alpha value is -0.740. The van der Waals surface area contributed by atoms with Gasteiger partial charge in [-0.2, -0.15) is 11.8 Å². The van der Waals surface area contributed by atoms with Crippen molar-refractivity contribution in [1.82, 2.24) is 0 Å². The summed E-state index contributed by atoms with van der Waals surface area (Å²) in [5.74, 6) is 2.00. The summed E-state index contributed by atoms with van der Waals surface area (Å²) in [6.07, 6.45) is 3.15. The number of hydrogen-bond acceptors (Lipinski definition) is 3. The SMILES string of the molecule is CSCCCOc1cc(C(N)=S)ccc1C. The van der Waals surface area contributed by atoms with Gasteiger partial charge in [0.15, 0.2) is 0 Å². The van der Waals surface area contributed by atoms with Crippen LogP contribution < -0.4 is 10.5 Å². The first kappa shape index (κ1) is 13.3. The molecule has 0 saturated heterocycles. The molecule has 0 radical (unpaired) electrons. The van der Waals surface area contributed by atoms with E-state index in [-0.39, 0.29) is 0 Å². The topological polar surface area (TPSA) is 35.2 Å². The van der Waals surface area contributed by atoms with Crippen molar-refractivity contribution in [3.8, 4) is 5.75 Å². The van der Waals surface area contributed by atoms with Gasteiger partial charge in [0.05, 0.1) is 6.61 Å². The second-order valence-corrected chi connectivity index (χ2v) is 4.96. The van der Waals surface area contributed by atoms with Crippen molar-refractivity contribution < 1.29 is 4.74 Å². The van der Waals surface area contributed by atoms with E-state index < -0.39 is 0 Å². The fourth-order valence-corrected chi connectivity index (χ4v) is 1.83. The zero-order valence-corrected chi connectivity index (χ0v) is 11.3. The zero-order valence-electron chi connectivity index (χ0n) is 9.66. The van der Waals surface area contributed by atoms with Crippen LogP contribution in [0.25, 0.3) is 0 Å². The van der Waals surface area contributed by atoms with Crippen LogP contribution in [0.15, 0.2) is 18.2 Å². The third-order valence-electron chi connectivity index (χ3n) is 2.22. The van der Waals surface area contributed by atoms with Crippen molar-refractivity contribution in [2.45, 2.75) is 13.3 Å². The lowest BCUT2D eigenvalue weighted by Crippen LogP contribution is -2.10. The van der Waals surface area contributed by atoms with Crippen LogP contribution in [0, 0.1) is 6.92 Å². The Morgan fingerprint density at radius 1 is 1.50 bits per heavy atom. The van der Waals surface area contributed by atoms with Crippen molar-refractivity contribution in [3.05, 3.63) is 29.3 Å². The normalized spacial score (nSPS) is 10.1. The third-order valence-corrected chi connectivity index (χ3v) is 3.16. The Kier molecular flexibility index (Phi) is 5.63. The Morgan fingerprint density at radius 2 is 2.25 bits per heavy atom. The Labute approximate surface area is 107 Å². The summed E-state index contributed by atoms with van der Waals surface area (Å²) in [6, 6.07) is 5.82. The van der Waals surface area contributed by atoms with Crippen molar-refractivity contribution >= 4 is 29.0 Å². The fourth-order valence-electron chi connectivity index (χ4n) is 1.29. The highest BCUT2D eigenvalue weighted by molar-refractivity contribution is 7.98. The van der Waals surface area contributed by atoms with E-state index in [1.807, 2.05) is 36.9 Å². The number of aryl methyl sites for hydroxylation is 1. The summed E-state index contributed by atoms with van der Waals surface area (Å²) < 4.78 is 5.70. The lowest BCUT2D eigenvalue weighted by atomic mass is 10.1. The zero-order chi connectivity index (χ0) is 12.0. The van der Waals surface area contributed by atoms with Crippen molar-refractivity contribution in [2.75, 3.05) is 18.6 Å². The van der Waals surface area contributed by atoms with E-state index in [0.717, 1.165) is 35.7 Å². The van der Waals surface area contributed by atoms with Crippen molar-refractivity contribution in [1.29, 1.82) is 0 Å². The lowest BCUT2D eigenvalue weighted by Gasteiger charge is -2.10. The molecule has 0 aliphatic heterocycles. The van der Waals surface area contributed by atoms with E-state index in [1.54, 1.807) is 0 Å². The molecule has 2 nitrogen and oxygen atoms in total. The molecule has 0 unspecified atom stereocenters. The predicted octanol–water partition coefficient (Wildman–Crippen LogP) is 2.76. The Bertz CT molecular complexity index is 366. The molecule has 0 atom stereocenters. The Morgan fingerprint density at radius 3 is 2.88 bits per heavy atom. The van der Waals surface area contributed by atoms with Crippen LogP contribution in [-0.4, -0.2) is 23.6 Å². The van der Waals surface area contributed by atoms with Gasteiger partial charge in [0, 0.05) is 5.56 Å². The van der Waals surface area contributed by atoms with Crippen LogP contribution in [0.2, 0.25) is 0 Å². The van der Waals surface area contributed by atoms with Crippen LogP contribution in [0.4, 0.5) is 0 Å². The van der Waals surface area contributed by atoms with Gasteiger partial charge in [0.1, 0.15) is 10.7 Å². The van der Waals surface area contributed by atoms with Crippen LogP contribution in [0.5, 0.6) is 5.75 Å². The molecule has 1 aromatic rings. The minimum absolute atomic E-state index is 0.411. The molecular weight excluding hydrogens is 238 g/mol. The maximum atomic E-state index is 5.70. The number of thioether (sulfide) groups is 1. The largest absolute Gasteiger partial charge is 0.493 e. The predicted molar refractivity (Wildman–Crippen MR) is 75.6 cm³/mol. The summed E-state index contributed by atoms with van der Waals surface area (Å²) in [7, 11) is 0. The van der Waals surface area contributed by atoms with Gasteiger partial charge in [-0.1, -0.05) is 24.4 Å². The number of hydrogen-bond donors (Lipinski definition) is 1. The average Bonchev–Trinajstić information content (AvgIpc) is 2.26. The highest BCUT2D eigenvalue weighted by Crippen LogP contribution is 2.19. The first-order valence-corrected chi connectivity index (χ1v) is 6.97. The molecule has 4 heteroatoms. The monoisotopic (exact) mass is 255 g/mol. The van der Waals surface area contributed by atoms with Gasteiger partial charge in [-0.25, -0.2) is 0 Å². The highest BCUT2D eigenvalue weighted by Gasteiger charge is 2.03. The molecule has 1 rings (SSSR count). The summed E-state index contributed by atoms with van der Waals surface area (Å²) in [5, 5.41) is 0. The highest BCUT2D eigenvalue weighted by atomic mass is 32.2. The molecular formula is C12H17NOS2. The molecule has 0 aliphatic carbocycles. The van der Waals surface area contributed by atoms with Gasteiger partial charge in [-0.3, -0.25) is 0 Å². The number of benzene rings is 1. The molecule has 88 valence electrons. The summed E-state index contributed by atoms with van der Waals surface area (Å²) in [6.45, 7) is 2.76. The standard InChI is InChI=1S/C12H17NOS2/c1-9-4-5-10(12(13)15)8-11(9)14-6-3-7-16-2/h4-5,8H,3,6-7H2,1-2H3,(H2,13,15). The maximum absolute atomic E-state index is 5.70. The van der Waals surface area contributed by atoms with E-state index in [4.69, 9.17) is 22.7 Å². The van der Waals surface area contributed by atoms with E-state index in [2.05, 4.69) is 6.26 Å². The van der Waals surface area contributed by atoms with Crippen LogP contribution >= 0.6 is 24.0 Å². The fraction of sp³-hybridized carbons (Fsp3) is 0.417. The summed E-state index contributed by atoms with van der Waals surface area (Å²) in [4.78, 5) is 0.411. The van der Waals surface area contributed by atoms with E-state index in [0.29, 0.717) is 4.99 Å². The van der Waals surface area contributed by atoms with Gasteiger partial charge < -0.3 is 10.5 Å². The smallest absolute Gasteiger partial charge is 0.122 e. The minimum Gasteiger partial charge on any atom is -0.493 e. The van der Waals surface area contributed by atoms with Gasteiger partial charge in [0.25, 0.3) is 0 Å². The second kappa shape index (κ2) is 6.76. The van der Waals surface area contributed by atoms with Gasteiger partial charge in [0.2, 0.25) is 0 Å². The molecule has 0 amide bonds. The first-order chi connectivity index (χ1) is 7.65. The molecule has 2 N–H and O–H groups in total. The molecule has 0 bridgehead atoms. The van der Waals surface area contributed by atoms with Crippen molar-refractivity contribution in [3.63, 3.8) is 0 Å². The molecule has 0 saturated carbocycles. The van der Waals surface area contributed by atoms with Crippen LogP contribution in [0.3, 0.4) is 0 Å². The number of ether oxygens (including phenoxy) is 1. The molecule has 0 heterocycles. The van der Waals surface area contributed by atoms with E-state index in [1.165, 1.54) is 0 Å². The van der Waals surface area contributed by atoms with Gasteiger partial charge >= 0.3 is 0 Å². The first-order valence-electron chi connectivity index (χ1n) is 5.17. The number of thiocarbonyl (C=S) groups is 1. The van der Waals surface area contributed by atoms with Gasteiger partial charge in [-0.15, -0.1) is 0 Å². The van der Waals surface area contributed by atoms with E-state index in [9.17, 15) is 0 Å². The molecule has 0 fully saturated rings. The third kappa shape index (κ3) is 4.02. The Balaban J connectivity index is 2.63. The minimum atomic E-state index is 0.411. The number of rotatable bonds is 6. The summed E-state index contributed by atoms with van der Waals surface area (Å²) >= 11 is 6.77. The quantitative estimate of drug-likeness (QED) is 0.626. The van der Waals surface area contributed by atoms with Crippen molar-refractivity contribution in [2.24, 2.45) is 5.73 Å². The number of nitrogens with two attached hydrogens (primary N) is 1. The van der Waals surface area contributed by atoms with Crippen LogP contribution in [0.1, 0.15) is 17.5 Å². The lowest BCUT2D eigenvalue weighted by molar-refractivity contribution is 0.316. The second-order valence-electron chi connectivity index (χ2n) is 3.54. The van der Waals surface area contributed by atoms with Crippen LogP contribution in [-0.2, 0) is 0 Å². The van der Waals surface area contributed by atoms with E-state index >= 15 is 0 Å². The molecule has 0 aromatic heterocycles. The summed E-state index contributed by atoms with van der Waals surface area (Å²) in [5.41, 5.74) is 7.56. The molecule has 16 heavy (non-hydrogen) atoms. The maximum Gasteiger partial charge on any atom is 0.122 e. The average molecular weight is 255 g/mol. The molecule has 1 aromatic carbocycles. The molecule has 0 aliphatic rings.